The molecule has 3 aromatic carbocycles. The molecule has 6 rings (SSSR count). The smallest absolute Gasteiger partial charge is 0.416 e. The summed E-state index contributed by atoms with van der Waals surface area (Å²) in [7, 11) is 0. The number of aromatic hydroxyl groups is 1. The minimum atomic E-state index is -4.37. The third-order valence-corrected chi connectivity index (χ3v) is 14.2. The second-order valence-corrected chi connectivity index (χ2v) is 18.7. The number of aliphatic hydroxyl groups is 1. The summed E-state index contributed by atoms with van der Waals surface area (Å²) in [6.07, 6.45) is 3.58. The second kappa shape index (κ2) is 19.1. The first-order chi connectivity index (χ1) is 28.8. The number of Topliss-reactive ketones (excluding diaryl/α,β-unsaturated/α-hetero) is 2. The van der Waals surface area contributed by atoms with Gasteiger partial charge in [-0.15, -0.1) is 0 Å². The van der Waals surface area contributed by atoms with Crippen LogP contribution in [-0.4, -0.2) is 44.9 Å². The fourth-order valence-electron chi connectivity index (χ4n) is 9.47. The lowest BCUT2D eigenvalue weighted by molar-refractivity contribution is -0.141. The largest absolute Gasteiger partial charge is 0.512 e. The Morgan fingerprint density at radius 2 is 1.54 bits per heavy atom. The molecule has 5 atom stereocenters. The molecule has 3 aromatic rings. The fourth-order valence-corrected chi connectivity index (χ4v) is 10.7. The normalized spacial score (nSPS) is 20.8. The van der Waals surface area contributed by atoms with E-state index in [1.807, 2.05) is 77.9 Å². The number of allylic oxidation sites excluding steroid dienone is 7. The van der Waals surface area contributed by atoms with E-state index in [0.29, 0.717) is 53.0 Å². The van der Waals surface area contributed by atoms with Crippen LogP contribution in [0.15, 0.2) is 83.9 Å². The number of phenols is 1. The molecule has 6 nitrogen and oxygen atoms in total. The zero-order chi connectivity index (χ0) is 44.3. The Morgan fingerprint density at radius 1 is 0.869 bits per heavy atom. The van der Waals surface area contributed by atoms with Crippen molar-refractivity contribution in [2.45, 2.75) is 117 Å². The van der Waals surface area contributed by atoms with Crippen molar-refractivity contribution in [1.29, 1.82) is 0 Å². The summed E-state index contributed by atoms with van der Waals surface area (Å²) in [6, 6.07) is 14.8. The van der Waals surface area contributed by atoms with E-state index in [2.05, 4.69) is 0 Å². The molecule has 0 saturated heterocycles. The monoisotopic (exact) mass is 854 g/mol. The quantitative estimate of drug-likeness (QED) is 0.165. The molecule has 10 heteroatoms. The number of ketones is 2. The minimum absolute atomic E-state index is 0.00255. The van der Waals surface area contributed by atoms with Crippen LogP contribution in [0.3, 0.4) is 0 Å². The van der Waals surface area contributed by atoms with Crippen LogP contribution in [0.1, 0.15) is 115 Å². The van der Waals surface area contributed by atoms with Gasteiger partial charge in [0.25, 0.3) is 0 Å². The number of alkyl halides is 3. The van der Waals surface area contributed by atoms with E-state index in [1.165, 1.54) is 6.08 Å². The SMILES string of the molecule is Cc1cc(C)c(C2=C(OC(=O)C(C)c3c(C)ccc(C4=C(O)CC(CCCc5ccc(O)cc5)CC4=O)c3C)CC(C(C)CSC3C=CC(C(F)(F)F)=CC3)CC2=O)c(C)c1. The lowest BCUT2D eigenvalue weighted by Gasteiger charge is -2.32. The van der Waals surface area contributed by atoms with Crippen molar-refractivity contribution in [3.05, 3.63) is 134 Å². The molecular weight excluding hydrogens is 798 g/mol. The number of ether oxygens (including phenoxy) is 1. The van der Waals surface area contributed by atoms with Crippen molar-refractivity contribution >= 4 is 40.4 Å². The molecule has 3 aliphatic rings. The molecular formula is C51H57F3O6S. The first-order valence-corrected chi connectivity index (χ1v) is 22.3. The number of aliphatic hydroxyl groups excluding tert-OH is 1. The zero-order valence-electron chi connectivity index (χ0n) is 36.2. The lowest BCUT2D eigenvalue weighted by Crippen LogP contribution is -2.28. The van der Waals surface area contributed by atoms with Gasteiger partial charge in [-0.3, -0.25) is 14.4 Å². The number of phenolic OH excluding ortho intramolecular Hbond substituents is 1. The highest BCUT2D eigenvalue weighted by atomic mass is 32.2. The number of thioether (sulfide) groups is 1. The van der Waals surface area contributed by atoms with Crippen LogP contribution in [0.2, 0.25) is 0 Å². The second-order valence-electron chi connectivity index (χ2n) is 17.5. The maximum atomic E-state index is 14.4. The topological polar surface area (TPSA) is 101 Å². The van der Waals surface area contributed by atoms with Crippen LogP contribution in [0.4, 0.5) is 13.2 Å². The van der Waals surface area contributed by atoms with Crippen LogP contribution in [0.5, 0.6) is 5.75 Å². The molecule has 0 aliphatic heterocycles. The summed E-state index contributed by atoms with van der Waals surface area (Å²) in [5, 5.41) is 20.8. The fraction of sp³-hybridized carbons (Fsp3) is 0.431. The summed E-state index contributed by atoms with van der Waals surface area (Å²) in [5.41, 5.74) is 7.63. The minimum Gasteiger partial charge on any atom is -0.512 e. The molecule has 0 radical (unpaired) electrons. The molecule has 0 saturated carbocycles. The molecule has 3 aliphatic carbocycles. The molecule has 0 heterocycles. The van der Waals surface area contributed by atoms with Gasteiger partial charge in [0, 0.05) is 30.9 Å². The summed E-state index contributed by atoms with van der Waals surface area (Å²) in [5.74, 6) is -0.492. The maximum Gasteiger partial charge on any atom is 0.416 e. The molecule has 2 N–H and O–H groups in total. The van der Waals surface area contributed by atoms with Crippen molar-refractivity contribution in [1.82, 2.24) is 0 Å². The molecule has 0 spiro atoms. The van der Waals surface area contributed by atoms with E-state index in [1.54, 1.807) is 36.9 Å². The highest BCUT2D eigenvalue weighted by Crippen LogP contribution is 2.43. The van der Waals surface area contributed by atoms with Crippen LogP contribution < -0.4 is 0 Å². The summed E-state index contributed by atoms with van der Waals surface area (Å²) in [4.78, 5) is 42.4. The lowest BCUT2D eigenvalue weighted by atomic mass is 9.77. The van der Waals surface area contributed by atoms with Crippen molar-refractivity contribution in [2.24, 2.45) is 17.8 Å². The van der Waals surface area contributed by atoms with Crippen LogP contribution in [-0.2, 0) is 25.5 Å². The van der Waals surface area contributed by atoms with Gasteiger partial charge in [0.1, 0.15) is 17.3 Å². The maximum absolute atomic E-state index is 14.4. The Hall–Kier alpha value is -4.83. The van der Waals surface area contributed by atoms with E-state index in [4.69, 9.17) is 4.74 Å². The molecule has 61 heavy (non-hydrogen) atoms. The Labute approximate surface area is 362 Å². The van der Waals surface area contributed by atoms with Gasteiger partial charge in [0.15, 0.2) is 11.6 Å². The van der Waals surface area contributed by atoms with E-state index in [0.717, 1.165) is 58.7 Å². The van der Waals surface area contributed by atoms with Crippen LogP contribution in [0.25, 0.3) is 11.1 Å². The third kappa shape index (κ3) is 10.6. The van der Waals surface area contributed by atoms with Gasteiger partial charge in [0.05, 0.1) is 22.6 Å². The molecule has 0 fully saturated rings. The number of aryl methyl sites for hydroxylation is 5. The van der Waals surface area contributed by atoms with Gasteiger partial charge in [-0.25, -0.2) is 0 Å². The van der Waals surface area contributed by atoms with Crippen molar-refractivity contribution in [2.75, 3.05) is 5.75 Å². The molecule has 324 valence electrons. The predicted octanol–water partition coefficient (Wildman–Crippen LogP) is 12.4. The molecule has 5 unspecified atom stereocenters. The summed E-state index contributed by atoms with van der Waals surface area (Å²) < 4.78 is 45.9. The van der Waals surface area contributed by atoms with Crippen LogP contribution in [0, 0.1) is 52.4 Å². The number of carbonyl (C=O) groups is 3. The molecule has 0 bridgehead atoms. The van der Waals surface area contributed by atoms with Gasteiger partial charge >= 0.3 is 12.1 Å². The number of benzene rings is 3. The Kier molecular flexibility index (Phi) is 14.3. The first kappa shape index (κ1) is 45.7. The third-order valence-electron chi connectivity index (χ3n) is 12.7. The van der Waals surface area contributed by atoms with Crippen molar-refractivity contribution in [3.8, 4) is 5.75 Å². The van der Waals surface area contributed by atoms with Gasteiger partial charge in [-0.05, 0) is 147 Å². The van der Waals surface area contributed by atoms with Gasteiger partial charge in [-0.2, -0.15) is 24.9 Å². The number of halogens is 3. The zero-order valence-corrected chi connectivity index (χ0v) is 37.0. The van der Waals surface area contributed by atoms with E-state index in [-0.39, 0.29) is 64.5 Å². The standard InChI is InChI=1S/C51H57F3O6S/c1-28-21-30(3)46(31(4)22-28)49-44(58)25-37(32(5)27-61-40-18-14-38(15-19-40)51(52,53)54)26-45(49)60-50(59)34(7)47-29(2)11-20-41(33(47)6)48-42(56)23-36(24-43(48)57)10-8-9-35-12-16-39(55)17-13-35/h11-18,20-22,32,34,36-37,40,55-56H,8-10,19,23-27H2,1-7H3. The average Bonchev–Trinajstić information content (AvgIpc) is 3.18. The van der Waals surface area contributed by atoms with Crippen LogP contribution >= 0.6 is 11.8 Å². The Morgan fingerprint density at radius 3 is 2.16 bits per heavy atom. The number of carbonyl (C=O) groups excluding carboxylic acids is 3. The number of hydrogen-bond acceptors (Lipinski definition) is 7. The Balaban J connectivity index is 1.22. The highest BCUT2D eigenvalue weighted by molar-refractivity contribution is 8.00. The van der Waals surface area contributed by atoms with Gasteiger partial charge < -0.3 is 14.9 Å². The highest BCUT2D eigenvalue weighted by Gasteiger charge is 2.38. The van der Waals surface area contributed by atoms with Gasteiger partial charge in [-0.1, -0.05) is 67.1 Å². The predicted molar refractivity (Wildman–Crippen MR) is 237 cm³/mol. The Bertz CT molecular complexity index is 2290. The number of rotatable bonds is 13. The van der Waals surface area contributed by atoms with Gasteiger partial charge in [0.2, 0.25) is 0 Å². The summed E-state index contributed by atoms with van der Waals surface area (Å²) >= 11 is 1.57. The molecule has 0 aromatic heterocycles. The van der Waals surface area contributed by atoms with Crippen molar-refractivity contribution in [3.63, 3.8) is 0 Å². The van der Waals surface area contributed by atoms with E-state index >= 15 is 0 Å². The summed E-state index contributed by atoms with van der Waals surface area (Å²) in [6.45, 7) is 13.5. The van der Waals surface area contributed by atoms with E-state index < -0.39 is 23.6 Å². The van der Waals surface area contributed by atoms with Crippen molar-refractivity contribution < 1.29 is 42.5 Å². The van der Waals surface area contributed by atoms with E-state index in [9.17, 15) is 37.8 Å². The average molecular weight is 855 g/mol. The molecule has 0 amide bonds. The first-order valence-electron chi connectivity index (χ1n) is 21.3. The number of hydrogen-bond donors (Lipinski definition) is 2. The number of esters is 1.